The predicted molar refractivity (Wildman–Crippen MR) is 131 cm³/mol. The van der Waals surface area contributed by atoms with E-state index in [0.29, 0.717) is 0 Å². The minimum absolute atomic E-state index is 0.142. The van der Waals surface area contributed by atoms with Crippen LogP contribution < -0.4 is 5.32 Å². The average Bonchev–Trinajstić information content (AvgIpc) is 2.75. The molecule has 0 spiro atoms. The maximum Gasteiger partial charge on any atom is 0.410 e. The molecule has 3 atom stereocenters. The summed E-state index contributed by atoms with van der Waals surface area (Å²) in [6.07, 6.45) is -1.40. The molecule has 200 valence electrons. The normalized spacial score (nSPS) is 13.8. The molecule has 36 heavy (non-hydrogen) atoms. The smallest absolute Gasteiger partial charge is 0.410 e. The van der Waals surface area contributed by atoms with Crippen LogP contribution in [-0.4, -0.2) is 87.7 Å². The van der Waals surface area contributed by atoms with Crippen molar-refractivity contribution in [3.05, 3.63) is 35.9 Å². The van der Waals surface area contributed by atoms with Gasteiger partial charge in [-0.1, -0.05) is 44.2 Å². The van der Waals surface area contributed by atoms with E-state index in [1.807, 2.05) is 6.07 Å². The monoisotopic (exact) mass is 507 g/mol. The van der Waals surface area contributed by atoms with E-state index < -0.39 is 65.9 Å². The molecule has 11 heteroatoms. The summed E-state index contributed by atoms with van der Waals surface area (Å²) in [6, 6.07) is 5.20. The van der Waals surface area contributed by atoms with Crippen molar-refractivity contribution in [3.8, 4) is 0 Å². The molecule has 0 fully saturated rings. The fraction of sp³-hybridized carbons (Fsp3) is 0.560. The number of carboxylic acids is 2. The van der Waals surface area contributed by atoms with Crippen LogP contribution in [0.25, 0.3) is 0 Å². The van der Waals surface area contributed by atoms with Crippen LogP contribution >= 0.6 is 0 Å². The number of nitrogens with one attached hydrogen (secondary N) is 1. The van der Waals surface area contributed by atoms with Crippen LogP contribution in [0.15, 0.2) is 30.3 Å². The maximum absolute atomic E-state index is 13.7. The van der Waals surface area contributed by atoms with Gasteiger partial charge in [-0.05, 0) is 32.3 Å². The molecule has 11 nitrogen and oxygen atoms in total. The number of amides is 3. The van der Waals surface area contributed by atoms with Crippen molar-refractivity contribution in [2.24, 2.45) is 5.92 Å². The summed E-state index contributed by atoms with van der Waals surface area (Å²) in [6.45, 7) is 8.45. The van der Waals surface area contributed by atoms with E-state index in [2.05, 4.69) is 5.32 Å². The molecule has 1 aromatic carbocycles. The molecule has 0 unspecified atom stereocenters. The molecule has 0 saturated carbocycles. The lowest BCUT2D eigenvalue weighted by Gasteiger charge is -2.36. The van der Waals surface area contributed by atoms with Gasteiger partial charge in [0.05, 0.1) is 6.42 Å². The first-order valence-electron chi connectivity index (χ1n) is 11.6. The second-order valence-corrected chi connectivity index (χ2v) is 9.93. The van der Waals surface area contributed by atoms with Gasteiger partial charge in [-0.15, -0.1) is 0 Å². The van der Waals surface area contributed by atoms with E-state index in [1.54, 1.807) is 58.9 Å². The number of carbonyl (C=O) groups excluding carboxylic acids is 3. The first-order chi connectivity index (χ1) is 16.5. The highest BCUT2D eigenvalue weighted by atomic mass is 16.6. The first kappa shape index (κ1) is 30.4. The topological polar surface area (TPSA) is 154 Å². The van der Waals surface area contributed by atoms with Crippen LogP contribution in [0.1, 0.15) is 46.6 Å². The minimum Gasteiger partial charge on any atom is -0.481 e. The largest absolute Gasteiger partial charge is 0.481 e. The standard InChI is InChI=1S/C25H37N3O8/c1-15(2)20(21(31)26-17(23(33)34)14-19(29)30)28(7)22(32)18(13-16-11-9-8-10-12-16)27(6)24(35)36-25(3,4)5/h8-12,15,17-18,20H,13-14H2,1-7H3,(H,26,31)(H,29,30)(H,33,34)/t17-,18-,20-/m0/s1. The maximum atomic E-state index is 13.7. The molecule has 0 aliphatic carbocycles. The lowest BCUT2D eigenvalue weighted by Crippen LogP contribution is -2.58. The number of ether oxygens (including phenoxy) is 1. The van der Waals surface area contributed by atoms with Gasteiger partial charge in [0.1, 0.15) is 23.7 Å². The van der Waals surface area contributed by atoms with Crippen molar-refractivity contribution >= 4 is 29.8 Å². The molecule has 0 aromatic heterocycles. The zero-order chi connectivity index (χ0) is 27.8. The van der Waals surface area contributed by atoms with Crippen molar-refractivity contribution in [2.75, 3.05) is 14.1 Å². The number of hydrogen-bond donors (Lipinski definition) is 3. The molecular formula is C25H37N3O8. The Morgan fingerprint density at radius 1 is 0.972 bits per heavy atom. The van der Waals surface area contributed by atoms with Gasteiger partial charge in [-0.2, -0.15) is 0 Å². The van der Waals surface area contributed by atoms with Gasteiger partial charge in [-0.25, -0.2) is 9.59 Å². The van der Waals surface area contributed by atoms with Crippen LogP contribution in [0.2, 0.25) is 0 Å². The summed E-state index contributed by atoms with van der Waals surface area (Å²) in [4.78, 5) is 64.3. The summed E-state index contributed by atoms with van der Waals surface area (Å²) in [7, 11) is 2.83. The molecular weight excluding hydrogens is 470 g/mol. The van der Waals surface area contributed by atoms with Crippen LogP contribution in [0, 0.1) is 5.92 Å². The van der Waals surface area contributed by atoms with Crippen molar-refractivity contribution in [1.29, 1.82) is 0 Å². The van der Waals surface area contributed by atoms with Crippen molar-refractivity contribution < 1.29 is 38.9 Å². The summed E-state index contributed by atoms with van der Waals surface area (Å²) >= 11 is 0. The van der Waals surface area contributed by atoms with Gasteiger partial charge >= 0.3 is 18.0 Å². The van der Waals surface area contributed by atoms with E-state index in [-0.39, 0.29) is 6.42 Å². The van der Waals surface area contributed by atoms with E-state index in [0.717, 1.165) is 10.5 Å². The highest BCUT2D eigenvalue weighted by Crippen LogP contribution is 2.19. The van der Waals surface area contributed by atoms with Gasteiger partial charge in [-0.3, -0.25) is 19.3 Å². The Morgan fingerprint density at radius 3 is 1.97 bits per heavy atom. The number of rotatable bonds is 11. The molecule has 3 amide bonds. The number of carbonyl (C=O) groups is 5. The summed E-state index contributed by atoms with van der Waals surface area (Å²) in [5, 5.41) is 20.5. The predicted octanol–water partition coefficient (Wildman–Crippen LogP) is 1.99. The lowest BCUT2D eigenvalue weighted by molar-refractivity contribution is -0.149. The van der Waals surface area contributed by atoms with E-state index in [4.69, 9.17) is 9.84 Å². The Morgan fingerprint density at radius 2 is 1.53 bits per heavy atom. The number of hydrogen-bond acceptors (Lipinski definition) is 6. The Labute approximate surface area is 211 Å². The molecule has 0 bridgehead atoms. The Bertz CT molecular complexity index is 942. The van der Waals surface area contributed by atoms with Crippen molar-refractivity contribution in [2.45, 2.75) is 71.2 Å². The van der Waals surface area contributed by atoms with Crippen LogP contribution in [0.3, 0.4) is 0 Å². The first-order valence-corrected chi connectivity index (χ1v) is 11.6. The van der Waals surface area contributed by atoms with E-state index >= 15 is 0 Å². The molecule has 0 radical (unpaired) electrons. The number of likely N-dealkylation sites (N-methyl/N-ethyl adjacent to an activating group) is 2. The Hall–Kier alpha value is -3.63. The lowest BCUT2D eigenvalue weighted by atomic mass is 9.98. The fourth-order valence-corrected chi connectivity index (χ4v) is 3.62. The summed E-state index contributed by atoms with van der Waals surface area (Å²) < 4.78 is 5.44. The van der Waals surface area contributed by atoms with Crippen LogP contribution in [0.4, 0.5) is 4.79 Å². The van der Waals surface area contributed by atoms with Crippen LogP contribution in [0.5, 0.6) is 0 Å². The average molecular weight is 508 g/mol. The van der Waals surface area contributed by atoms with Crippen molar-refractivity contribution in [3.63, 3.8) is 0 Å². The third kappa shape index (κ3) is 9.20. The molecule has 1 aromatic rings. The third-order valence-electron chi connectivity index (χ3n) is 5.36. The molecule has 0 heterocycles. The number of aliphatic carboxylic acids is 2. The second kappa shape index (κ2) is 12.9. The van der Waals surface area contributed by atoms with Crippen molar-refractivity contribution in [1.82, 2.24) is 15.1 Å². The quantitative estimate of drug-likeness (QED) is 0.411. The number of carboxylic acid groups (broad SMARTS) is 2. The van der Waals surface area contributed by atoms with Gasteiger partial charge in [0, 0.05) is 20.5 Å². The highest BCUT2D eigenvalue weighted by molar-refractivity contribution is 5.93. The molecule has 0 saturated heterocycles. The van der Waals surface area contributed by atoms with Gasteiger partial charge in [0.25, 0.3) is 0 Å². The molecule has 3 N–H and O–H groups in total. The number of nitrogens with zero attached hydrogens (tertiary/aromatic N) is 2. The van der Waals surface area contributed by atoms with Gasteiger partial charge < -0.3 is 25.2 Å². The van der Waals surface area contributed by atoms with Gasteiger partial charge in [0.2, 0.25) is 11.8 Å². The zero-order valence-electron chi connectivity index (χ0n) is 21.8. The summed E-state index contributed by atoms with van der Waals surface area (Å²) in [5.41, 5.74) is -0.0221. The minimum atomic E-state index is -1.66. The molecule has 1 rings (SSSR count). The van der Waals surface area contributed by atoms with E-state index in [1.165, 1.54) is 19.0 Å². The Balaban J connectivity index is 3.29. The highest BCUT2D eigenvalue weighted by Gasteiger charge is 2.38. The van der Waals surface area contributed by atoms with E-state index in [9.17, 15) is 29.1 Å². The molecule has 0 aliphatic heterocycles. The fourth-order valence-electron chi connectivity index (χ4n) is 3.62. The summed E-state index contributed by atoms with van der Waals surface area (Å²) in [5.74, 6) is -4.73. The van der Waals surface area contributed by atoms with Gasteiger partial charge in [0.15, 0.2) is 0 Å². The Kier molecular flexibility index (Phi) is 10.9. The SMILES string of the molecule is CC(C)[C@@H](C(=O)N[C@@H](CC(=O)O)C(=O)O)N(C)C(=O)[C@H](Cc1ccccc1)N(C)C(=O)OC(C)(C)C. The zero-order valence-corrected chi connectivity index (χ0v) is 21.8. The third-order valence-corrected chi connectivity index (χ3v) is 5.36. The number of benzene rings is 1. The molecule has 0 aliphatic rings. The van der Waals surface area contributed by atoms with Crippen LogP contribution in [-0.2, 0) is 30.3 Å². The second-order valence-electron chi connectivity index (χ2n) is 9.93.